The Morgan fingerprint density at radius 3 is 2.43 bits per heavy atom. The molecule has 58 heavy (non-hydrogen) atoms. The van der Waals surface area contributed by atoms with E-state index in [1.807, 2.05) is 25.1 Å². The van der Waals surface area contributed by atoms with Crippen LogP contribution in [0.25, 0.3) is 0 Å². The second-order valence-corrected chi connectivity index (χ2v) is 19.1. The molecule has 7 unspecified atom stereocenters. The van der Waals surface area contributed by atoms with Crippen molar-refractivity contribution in [2.24, 2.45) is 17.8 Å². The zero-order chi connectivity index (χ0) is 41.2. The highest BCUT2D eigenvalue weighted by Gasteiger charge is 2.49. The van der Waals surface area contributed by atoms with Crippen LogP contribution in [0.15, 0.2) is 48.6 Å². The zero-order valence-corrected chi connectivity index (χ0v) is 37.5. The summed E-state index contributed by atoms with van der Waals surface area (Å²) in [6.45, 7) is 17.3. The summed E-state index contributed by atoms with van der Waals surface area (Å²) in [6, 6.07) is 12.5. The van der Waals surface area contributed by atoms with Gasteiger partial charge < -0.3 is 28.7 Å². The first-order chi connectivity index (χ1) is 28.1. The predicted octanol–water partition coefficient (Wildman–Crippen LogP) is 7.51. The Hall–Kier alpha value is -2.51. The van der Waals surface area contributed by atoms with Crippen molar-refractivity contribution in [1.82, 2.24) is 14.5 Å². The number of fused-ring (bicyclic) bond motifs is 2. The number of ether oxygens (including phenoxy) is 4. The molecule has 7 atom stereocenters. The van der Waals surface area contributed by atoms with Gasteiger partial charge >= 0.3 is 0 Å². The van der Waals surface area contributed by atoms with Gasteiger partial charge in [0, 0.05) is 76.1 Å². The van der Waals surface area contributed by atoms with E-state index in [1.165, 1.54) is 11.1 Å². The van der Waals surface area contributed by atoms with Crippen molar-refractivity contribution in [3.05, 3.63) is 70.3 Å². The first kappa shape index (κ1) is 45.0. The van der Waals surface area contributed by atoms with Gasteiger partial charge in [-0.2, -0.15) is 0 Å². The second kappa shape index (κ2) is 21.3. The minimum absolute atomic E-state index is 0.0843. The highest BCUT2D eigenvalue weighted by Crippen LogP contribution is 2.48. The maximum atomic E-state index is 13.7. The molecule has 2 aromatic carbocycles. The van der Waals surface area contributed by atoms with Gasteiger partial charge in [0.2, 0.25) is 0 Å². The first-order valence-electron chi connectivity index (χ1n) is 21.9. The maximum absolute atomic E-state index is 13.7. The molecular weight excluding hydrogens is 772 g/mol. The lowest BCUT2D eigenvalue weighted by molar-refractivity contribution is -0.112. The third kappa shape index (κ3) is 10.9. The minimum Gasteiger partial charge on any atom is -0.491 e. The molecule has 1 saturated carbocycles. The Labute approximate surface area is 355 Å². The quantitative estimate of drug-likeness (QED) is 0.194. The number of allylic oxidation sites excluding steroid dienone is 1. The number of amides is 1. The lowest BCUT2D eigenvalue weighted by atomic mass is 9.63. The summed E-state index contributed by atoms with van der Waals surface area (Å²) in [5.41, 5.74) is 3.47. The standard InChI is InChI=1S/C46H69ClN4O6S/c1-7-10-35-27-39(47)14-15-41(35)38-30-51-29-37-12-16-42(37)46(57-8-2,32-49-21-18-40(19-22-49)50(23-25-54-5)24-26-55-6)20-9-11-33(3)34(4)58(53)48-45(52)36-13-17-44(56-31-38)43(51)28-36/h9,13-15,17,20,27-28,33-34,37-38,40,42H,7-8,10-12,16,18-19,21-26,29-32H2,1-6H3,(H,48,52)/b20-9+. The molecule has 0 aromatic heterocycles. The molecule has 12 heteroatoms. The fraction of sp³-hybridized carbons (Fsp3) is 0.674. The molecule has 10 nitrogen and oxygen atoms in total. The fourth-order valence-electron chi connectivity index (χ4n) is 9.75. The highest BCUT2D eigenvalue weighted by atomic mass is 35.5. The van der Waals surface area contributed by atoms with E-state index >= 15 is 0 Å². The summed E-state index contributed by atoms with van der Waals surface area (Å²) in [6.07, 6.45) is 11.8. The van der Waals surface area contributed by atoms with Crippen LogP contribution in [0.3, 0.4) is 0 Å². The molecule has 3 aliphatic heterocycles. The summed E-state index contributed by atoms with van der Waals surface area (Å²) < 4.78 is 41.1. The van der Waals surface area contributed by atoms with Crippen molar-refractivity contribution in [1.29, 1.82) is 0 Å². The monoisotopic (exact) mass is 840 g/mol. The molecule has 2 fully saturated rings. The normalized spacial score (nSPS) is 29.2. The van der Waals surface area contributed by atoms with E-state index in [0.717, 1.165) is 120 Å². The number of hydrogen-bond donors (Lipinski definition) is 1. The van der Waals surface area contributed by atoms with Crippen LogP contribution in [0.1, 0.15) is 93.6 Å². The number of carbonyl (C=O) groups excluding carboxylic acids is 1. The van der Waals surface area contributed by atoms with Crippen LogP contribution in [-0.4, -0.2) is 123 Å². The molecule has 2 bridgehead atoms. The van der Waals surface area contributed by atoms with Crippen molar-refractivity contribution in [2.75, 3.05) is 91.4 Å². The number of carbonyl (C=O) groups is 1. The number of hydrogen-bond acceptors (Lipinski definition) is 9. The van der Waals surface area contributed by atoms with Gasteiger partial charge in [-0.1, -0.05) is 50.1 Å². The second-order valence-electron chi connectivity index (χ2n) is 17.1. The summed E-state index contributed by atoms with van der Waals surface area (Å²) in [4.78, 5) is 21.3. The number of methoxy groups -OCH3 is 2. The molecule has 6 rings (SSSR count). The molecule has 1 saturated heterocycles. The van der Waals surface area contributed by atoms with E-state index in [0.29, 0.717) is 36.7 Å². The van der Waals surface area contributed by atoms with E-state index < -0.39 is 16.6 Å². The molecule has 0 spiro atoms. The predicted molar refractivity (Wildman–Crippen MR) is 236 cm³/mol. The van der Waals surface area contributed by atoms with Gasteiger partial charge in [-0.15, -0.1) is 0 Å². The van der Waals surface area contributed by atoms with Gasteiger partial charge in [-0.3, -0.25) is 14.4 Å². The van der Waals surface area contributed by atoms with Crippen LogP contribution in [0.5, 0.6) is 5.75 Å². The van der Waals surface area contributed by atoms with Gasteiger partial charge in [0.25, 0.3) is 5.91 Å². The first-order valence-corrected chi connectivity index (χ1v) is 23.5. The molecule has 1 amide bonds. The molecule has 4 aliphatic rings. The Morgan fingerprint density at radius 2 is 1.76 bits per heavy atom. The van der Waals surface area contributed by atoms with Crippen LogP contribution in [0, 0.1) is 17.8 Å². The van der Waals surface area contributed by atoms with E-state index in [-0.39, 0.29) is 23.0 Å². The van der Waals surface area contributed by atoms with Gasteiger partial charge in [-0.05, 0) is 125 Å². The van der Waals surface area contributed by atoms with E-state index in [2.05, 4.69) is 64.5 Å². The summed E-state index contributed by atoms with van der Waals surface area (Å²) in [5, 5.41) is 0.513. The van der Waals surface area contributed by atoms with Gasteiger partial charge in [-0.25, -0.2) is 4.21 Å². The lowest BCUT2D eigenvalue weighted by Gasteiger charge is -2.52. The fourth-order valence-corrected chi connectivity index (χ4v) is 11.0. The van der Waals surface area contributed by atoms with E-state index in [1.54, 1.807) is 20.3 Å². The van der Waals surface area contributed by atoms with Crippen molar-refractivity contribution < 1.29 is 28.0 Å². The Balaban J connectivity index is 1.33. The number of nitrogens with one attached hydrogen (secondary N) is 1. The third-order valence-electron chi connectivity index (χ3n) is 13.4. The maximum Gasteiger partial charge on any atom is 0.263 e. The van der Waals surface area contributed by atoms with Crippen molar-refractivity contribution in [3.63, 3.8) is 0 Å². The Kier molecular flexibility index (Phi) is 16.6. The molecule has 0 radical (unpaired) electrons. The number of likely N-dealkylation sites (tertiary alicyclic amines) is 1. The number of anilines is 1. The van der Waals surface area contributed by atoms with Crippen molar-refractivity contribution in [2.45, 2.75) is 95.5 Å². The zero-order valence-electron chi connectivity index (χ0n) is 35.9. The topological polar surface area (TPSA) is 92.8 Å². The number of benzene rings is 2. The number of nitrogens with zero attached hydrogens (tertiary/aromatic N) is 3. The Bertz CT molecular complexity index is 1700. The molecule has 1 N–H and O–H groups in total. The molecule has 322 valence electrons. The van der Waals surface area contributed by atoms with E-state index in [9.17, 15) is 9.00 Å². The summed E-state index contributed by atoms with van der Waals surface area (Å²) >= 11 is 6.54. The van der Waals surface area contributed by atoms with Crippen LogP contribution in [-0.2, 0) is 31.6 Å². The number of rotatable bonds is 14. The summed E-state index contributed by atoms with van der Waals surface area (Å²) in [7, 11) is 1.99. The van der Waals surface area contributed by atoms with Crippen LogP contribution < -0.4 is 14.4 Å². The number of piperidine rings is 1. The lowest BCUT2D eigenvalue weighted by Crippen LogP contribution is -2.58. The molecule has 2 aromatic rings. The SMILES string of the molecule is CCCc1cc(Cl)ccc1C1COc2ccc3cc2N(C1)CC1CCC1C(CN1CCC(N(CCOC)CCOC)CC1)(OCC)/C=C/CC(C)C(C)S(=O)NC3=O. The highest BCUT2D eigenvalue weighted by molar-refractivity contribution is 7.84. The largest absolute Gasteiger partial charge is 0.491 e. The van der Waals surface area contributed by atoms with Gasteiger partial charge in [0.05, 0.1) is 30.8 Å². The van der Waals surface area contributed by atoms with Gasteiger partial charge in [0.15, 0.2) is 0 Å². The van der Waals surface area contributed by atoms with Crippen LogP contribution in [0.2, 0.25) is 5.02 Å². The Morgan fingerprint density at radius 1 is 1.00 bits per heavy atom. The third-order valence-corrected chi connectivity index (χ3v) is 15.1. The number of aryl methyl sites for hydroxylation is 1. The number of halogens is 1. The molecule has 1 aliphatic carbocycles. The minimum atomic E-state index is -1.56. The smallest absolute Gasteiger partial charge is 0.263 e. The van der Waals surface area contributed by atoms with Crippen LogP contribution >= 0.6 is 11.6 Å². The van der Waals surface area contributed by atoms with Gasteiger partial charge in [0.1, 0.15) is 22.3 Å². The van der Waals surface area contributed by atoms with Crippen molar-refractivity contribution >= 4 is 34.2 Å². The average Bonchev–Trinajstić information content (AvgIpc) is 3.38. The molecular formula is C46H69ClN4O6S. The average molecular weight is 842 g/mol. The van der Waals surface area contributed by atoms with Crippen molar-refractivity contribution in [3.8, 4) is 5.75 Å². The van der Waals surface area contributed by atoms with E-state index in [4.69, 9.17) is 30.5 Å². The molecule has 3 heterocycles. The van der Waals surface area contributed by atoms with Crippen LogP contribution in [0.4, 0.5) is 5.69 Å². The summed E-state index contributed by atoms with van der Waals surface area (Å²) in [5.74, 6) is 1.31.